The predicted molar refractivity (Wildman–Crippen MR) is 81.1 cm³/mol. The van der Waals surface area contributed by atoms with E-state index in [1.165, 1.54) is 38.5 Å². The van der Waals surface area contributed by atoms with Crippen LogP contribution in [0.4, 0.5) is 11.9 Å². The molecule has 0 amide bonds. The molecule has 1 unspecified atom stereocenters. The van der Waals surface area contributed by atoms with Gasteiger partial charge < -0.3 is 9.64 Å². The number of hydrogen-bond acceptors (Lipinski definition) is 7. The highest BCUT2D eigenvalue weighted by Crippen LogP contribution is 2.37. The predicted octanol–water partition coefficient (Wildman–Crippen LogP) is 1.71. The van der Waals surface area contributed by atoms with Gasteiger partial charge in [-0.05, 0) is 38.5 Å². The maximum Gasteiger partial charge on any atom is 0.323 e. The third-order valence-corrected chi connectivity index (χ3v) is 4.51. The monoisotopic (exact) mass is 292 g/mol. The number of aromatic nitrogens is 3. The van der Waals surface area contributed by atoms with E-state index in [1.807, 2.05) is 6.92 Å². The van der Waals surface area contributed by atoms with E-state index in [1.54, 1.807) is 0 Å². The number of ether oxygens (including phenoxy) is 1. The molecule has 1 saturated carbocycles. The minimum atomic E-state index is 0.340. The minimum absolute atomic E-state index is 0.340. The van der Waals surface area contributed by atoms with Gasteiger partial charge in [0.25, 0.3) is 0 Å². The molecular weight excluding hydrogens is 268 g/mol. The second-order valence-corrected chi connectivity index (χ2v) is 5.77. The topological polar surface area (TPSA) is 89.2 Å². The summed E-state index contributed by atoms with van der Waals surface area (Å²) in [6.07, 6.45) is 7.78. The Balaban J connectivity index is 1.85. The number of nitrogens with two attached hydrogens (primary N) is 1. The van der Waals surface area contributed by atoms with Gasteiger partial charge in [0.1, 0.15) is 0 Å². The van der Waals surface area contributed by atoms with Crippen LogP contribution < -0.4 is 20.9 Å². The molecule has 2 aliphatic rings. The number of anilines is 2. The van der Waals surface area contributed by atoms with Crippen molar-refractivity contribution in [2.24, 2.45) is 11.8 Å². The summed E-state index contributed by atoms with van der Waals surface area (Å²) in [5.41, 5.74) is 2.51. The number of nitrogens with zero attached hydrogens (tertiary/aromatic N) is 4. The number of hydrogen-bond donors (Lipinski definition) is 2. The van der Waals surface area contributed by atoms with E-state index in [-0.39, 0.29) is 0 Å². The van der Waals surface area contributed by atoms with E-state index < -0.39 is 0 Å². The SMILES string of the molecule is CCOc1nc(NN)nc(N2CCCC2C2CCCC2)n1. The number of hydrazine groups is 1. The first-order chi connectivity index (χ1) is 10.3. The van der Waals surface area contributed by atoms with Crippen molar-refractivity contribution < 1.29 is 4.74 Å². The Morgan fingerprint density at radius 2 is 2.00 bits per heavy atom. The van der Waals surface area contributed by atoms with Crippen LogP contribution in [-0.4, -0.2) is 34.1 Å². The quantitative estimate of drug-likeness (QED) is 0.631. The maximum atomic E-state index is 5.46. The summed E-state index contributed by atoms with van der Waals surface area (Å²) >= 11 is 0. The molecule has 2 heterocycles. The van der Waals surface area contributed by atoms with Gasteiger partial charge in [0.15, 0.2) is 0 Å². The molecule has 0 bridgehead atoms. The number of rotatable bonds is 5. The Morgan fingerprint density at radius 1 is 1.19 bits per heavy atom. The van der Waals surface area contributed by atoms with Gasteiger partial charge >= 0.3 is 6.01 Å². The molecule has 1 aromatic rings. The molecule has 7 nitrogen and oxygen atoms in total. The molecule has 1 saturated heterocycles. The molecule has 1 aromatic heterocycles. The fourth-order valence-electron chi connectivity index (χ4n) is 3.61. The molecular formula is C14H24N6O. The van der Waals surface area contributed by atoms with E-state index in [4.69, 9.17) is 10.6 Å². The van der Waals surface area contributed by atoms with Crippen LogP contribution >= 0.6 is 0 Å². The summed E-state index contributed by atoms with van der Waals surface area (Å²) in [5, 5.41) is 0. The molecule has 21 heavy (non-hydrogen) atoms. The lowest BCUT2D eigenvalue weighted by atomic mass is 9.96. The van der Waals surface area contributed by atoms with Crippen LogP contribution in [0.3, 0.4) is 0 Å². The Kier molecular flexibility index (Phi) is 4.38. The summed E-state index contributed by atoms with van der Waals surface area (Å²) in [6.45, 7) is 3.44. The molecule has 1 atom stereocenters. The molecule has 0 radical (unpaired) electrons. The molecule has 7 heteroatoms. The van der Waals surface area contributed by atoms with Crippen LogP contribution in [0, 0.1) is 5.92 Å². The number of nitrogen functional groups attached to an aromatic ring is 1. The first kappa shape index (κ1) is 14.3. The van der Waals surface area contributed by atoms with E-state index in [9.17, 15) is 0 Å². The molecule has 0 spiro atoms. The highest BCUT2D eigenvalue weighted by atomic mass is 16.5. The number of nitrogens with one attached hydrogen (secondary N) is 1. The van der Waals surface area contributed by atoms with E-state index in [0.29, 0.717) is 30.6 Å². The summed E-state index contributed by atoms with van der Waals surface area (Å²) in [4.78, 5) is 15.3. The van der Waals surface area contributed by atoms with E-state index in [2.05, 4.69) is 25.3 Å². The summed E-state index contributed by atoms with van der Waals surface area (Å²) in [7, 11) is 0. The summed E-state index contributed by atoms with van der Waals surface area (Å²) in [6, 6.07) is 0.891. The van der Waals surface area contributed by atoms with Gasteiger partial charge in [0.05, 0.1) is 6.61 Å². The average molecular weight is 292 g/mol. The summed E-state index contributed by atoms with van der Waals surface area (Å²) < 4.78 is 5.42. The van der Waals surface area contributed by atoms with Crippen LogP contribution in [0.2, 0.25) is 0 Å². The van der Waals surface area contributed by atoms with Crippen molar-refractivity contribution in [3.05, 3.63) is 0 Å². The third-order valence-electron chi connectivity index (χ3n) is 4.51. The Morgan fingerprint density at radius 3 is 2.71 bits per heavy atom. The van der Waals surface area contributed by atoms with Gasteiger partial charge in [0, 0.05) is 12.6 Å². The van der Waals surface area contributed by atoms with Crippen LogP contribution in [0.5, 0.6) is 6.01 Å². The third kappa shape index (κ3) is 3.02. The maximum absolute atomic E-state index is 5.46. The fraction of sp³-hybridized carbons (Fsp3) is 0.786. The largest absolute Gasteiger partial charge is 0.464 e. The normalized spacial score (nSPS) is 22.8. The van der Waals surface area contributed by atoms with E-state index in [0.717, 1.165) is 12.5 Å². The molecule has 2 fully saturated rings. The van der Waals surface area contributed by atoms with Crippen molar-refractivity contribution in [2.75, 3.05) is 23.5 Å². The summed E-state index contributed by atoms with van der Waals surface area (Å²) in [5.74, 6) is 7.29. The van der Waals surface area contributed by atoms with Gasteiger partial charge in [-0.15, -0.1) is 0 Å². The van der Waals surface area contributed by atoms with Gasteiger partial charge in [-0.3, -0.25) is 5.43 Å². The van der Waals surface area contributed by atoms with Crippen molar-refractivity contribution in [1.82, 2.24) is 15.0 Å². The van der Waals surface area contributed by atoms with Crippen LogP contribution in [0.25, 0.3) is 0 Å². The van der Waals surface area contributed by atoms with Crippen molar-refractivity contribution in [1.29, 1.82) is 0 Å². The Hall–Kier alpha value is -1.63. The zero-order chi connectivity index (χ0) is 14.7. The van der Waals surface area contributed by atoms with Crippen LogP contribution in [0.15, 0.2) is 0 Å². The van der Waals surface area contributed by atoms with Gasteiger partial charge in [-0.25, -0.2) is 5.84 Å². The Labute approximate surface area is 125 Å². The molecule has 1 aliphatic carbocycles. The lowest BCUT2D eigenvalue weighted by Gasteiger charge is -2.29. The lowest BCUT2D eigenvalue weighted by molar-refractivity contribution is 0.311. The highest BCUT2D eigenvalue weighted by molar-refractivity contribution is 5.40. The van der Waals surface area contributed by atoms with Crippen molar-refractivity contribution in [3.63, 3.8) is 0 Å². The molecule has 116 valence electrons. The smallest absolute Gasteiger partial charge is 0.323 e. The van der Waals surface area contributed by atoms with Crippen LogP contribution in [-0.2, 0) is 0 Å². The zero-order valence-corrected chi connectivity index (χ0v) is 12.6. The van der Waals surface area contributed by atoms with E-state index >= 15 is 0 Å². The van der Waals surface area contributed by atoms with Crippen molar-refractivity contribution >= 4 is 11.9 Å². The average Bonchev–Trinajstić information content (AvgIpc) is 3.17. The van der Waals surface area contributed by atoms with Gasteiger partial charge in [0.2, 0.25) is 11.9 Å². The van der Waals surface area contributed by atoms with Gasteiger partial charge in [-0.1, -0.05) is 12.8 Å². The van der Waals surface area contributed by atoms with Crippen molar-refractivity contribution in [2.45, 2.75) is 51.5 Å². The molecule has 0 aromatic carbocycles. The van der Waals surface area contributed by atoms with Crippen molar-refractivity contribution in [3.8, 4) is 6.01 Å². The lowest BCUT2D eigenvalue weighted by Crippen LogP contribution is -2.36. The zero-order valence-electron chi connectivity index (χ0n) is 12.6. The Bertz CT molecular complexity index is 477. The first-order valence-electron chi connectivity index (χ1n) is 7.94. The fourth-order valence-corrected chi connectivity index (χ4v) is 3.61. The van der Waals surface area contributed by atoms with Crippen LogP contribution in [0.1, 0.15) is 45.4 Å². The minimum Gasteiger partial charge on any atom is -0.464 e. The molecule has 1 aliphatic heterocycles. The highest BCUT2D eigenvalue weighted by Gasteiger charge is 2.35. The first-order valence-corrected chi connectivity index (χ1v) is 7.94. The standard InChI is InChI=1S/C14H24N6O/c1-2-21-14-17-12(19-15)16-13(18-14)20-9-5-8-11(20)10-6-3-4-7-10/h10-11H,2-9,15H2,1H3,(H,16,17,18,19). The molecule has 3 rings (SSSR count). The second-order valence-electron chi connectivity index (χ2n) is 5.77. The molecule has 3 N–H and O–H groups in total. The second kappa shape index (κ2) is 6.43. The van der Waals surface area contributed by atoms with Gasteiger partial charge in [-0.2, -0.15) is 15.0 Å².